The number of esters is 2. The molecule has 0 unspecified atom stereocenters. The summed E-state index contributed by atoms with van der Waals surface area (Å²) in [6.45, 7) is 14.6. The number of rotatable bonds is 14. The van der Waals surface area contributed by atoms with Crippen LogP contribution >= 0.6 is 35.0 Å². The van der Waals surface area contributed by atoms with Crippen molar-refractivity contribution in [3.05, 3.63) is 191 Å². The normalized spacial score (nSPS) is 12.1. The first kappa shape index (κ1) is 61.5. The Kier molecular flexibility index (Phi) is 25.1. The monoisotopic (exact) mass is 1170 g/mol. The fourth-order valence-corrected chi connectivity index (χ4v) is 9.16. The molecule has 0 aromatic heterocycles. The fourth-order valence-electron chi connectivity index (χ4n) is 6.47. The van der Waals surface area contributed by atoms with Crippen molar-refractivity contribution >= 4 is 84.0 Å². The molecule has 0 heterocycles. The Balaban J connectivity index is 0.000000411. The molecule has 73 heavy (non-hydrogen) atoms. The number of hydrogen-bond acceptors (Lipinski definition) is 11. The molecular weight excluding hydrogens is 1100 g/mol. The molecule has 6 N–H and O–H groups in total. The van der Waals surface area contributed by atoms with E-state index in [2.05, 4.69) is 10.6 Å². The Hall–Kier alpha value is -5.79. The van der Waals surface area contributed by atoms with Crippen LogP contribution in [0.3, 0.4) is 0 Å². The van der Waals surface area contributed by atoms with E-state index in [1.165, 1.54) is 0 Å². The third-order valence-electron chi connectivity index (χ3n) is 9.95. The molecule has 2 amide bonds. The quantitative estimate of drug-likeness (QED) is 0.0348. The second kappa shape index (κ2) is 29.8. The first-order valence-electron chi connectivity index (χ1n) is 23.6. The summed E-state index contributed by atoms with van der Waals surface area (Å²) in [5.41, 5.74) is 16.6. The number of sulfone groups is 2. The average Bonchev–Trinajstić information content (AvgIpc) is 3.30. The zero-order chi connectivity index (χ0) is 54.4. The molecule has 0 aliphatic rings. The molecule has 6 aromatic carbocycles. The van der Waals surface area contributed by atoms with Gasteiger partial charge in [0.25, 0.3) is 0 Å². The number of nitrogen functional groups attached to an aromatic ring is 1. The standard InChI is InChI=1S/C28H32N2O5S.C14H15NO2S.C13H19NO2.CH3I.ClH/c1-20-10-16-24(17-11-20)36(33,34)19-22-12-14-23(15-13-22)29-27(32)30-25(26(31)35-28(2,3)4)18-21-8-6-5-7-9-21;1-11-2-8-14(9-3-11)18(16,17)10-12-4-6-13(15)7-5-12;1-13(2,3)16-12(15)11(14)9-10-7-5-4-6-8-10;1-2;/h5-17,25H,18-19H2,1-4H3,(H2,29,30,32);2-9H,10,15H2,1H3;4-8,11H,9,14H2,1-3H3;1H3;1H/t25-;;11-;;/m1.1../s1/i;;;1D;. The van der Waals surface area contributed by atoms with Crippen molar-refractivity contribution in [1.29, 1.82) is 0 Å². The van der Waals surface area contributed by atoms with Gasteiger partial charge < -0.3 is 31.6 Å². The first-order chi connectivity index (χ1) is 34.2. The van der Waals surface area contributed by atoms with E-state index >= 15 is 0 Å². The van der Waals surface area contributed by atoms with E-state index in [0.717, 1.165) is 27.8 Å². The number of carbonyl (C=O) groups is 3. The molecule has 0 saturated carbocycles. The molecule has 0 saturated heterocycles. The number of urea groups is 1. The number of nitrogens with two attached hydrogens (primary N) is 2. The second-order valence-corrected chi connectivity index (χ2v) is 22.8. The lowest BCUT2D eigenvalue weighted by molar-refractivity contribution is -0.157. The predicted molar refractivity (Wildman–Crippen MR) is 305 cm³/mol. The summed E-state index contributed by atoms with van der Waals surface area (Å²) in [5, 5.41) is 5.39. The third-order valence-corrected chi connectivity index (χ3v) is 13.4. The molecule has 6 rings (SSSR count). The van der Waals surface area contributed by atoms with Crippen LogP contribution in [0.5, 0.6) is 0 Å². The number of carbonyl (C=O) groups excluding carboxylic acids is 3. The number of amides is 2. The molecule has 0 spiro atoms. The summed E-state index contributed by atoms with van der Waals surface area (Å²) < 4.78 is 66.6. The molecule has 0 aliphatic heterocycles. The molecule has 6 aromatic rings. The molecular formula is C56H70ClIN4O9S2. The van der Waals surface area contributed by atoms with Crippen LogP contribution in [0.4, 0.5) is 16.2 Å². The topological polar surface area (TPSA) is 214 Å². The number of alkyl halides is 1. The number of halogens is 2. The zero-order valence-electron chi connectivity index (χ0n) is 43.6. The highest BCUT2D eigenvalue weighted by Gasteiger charge is 2.27. The van der Waals surface area contributed by atoms with Crippen molar-refractivity contribution in [2.75, 3.05) is 16.0 Å². The highest BCUT2D eigenvalue weighted by atomic mass is 127. The summed E-state index contributed by atoms with van der Waals surface area (Å²) in [5.74, 6) is -1.04. The highest BCUT2D eigenvalue weighted by molar-refractivity contribution is 14.1. The third kappa shape index (κ3) is 24.2. The van der Waals surface area contributed by atoms with Gasteiger partial charge in [0, 0.05) is 19.2 Å². The minimum absolute atomic E-state index is 0. The van der Waals surface area contributed by atoms with Crippen LogP contribution in [0.25, 0.3) is 0 Å². The van der Waals surface area contributed by atoms with Crippen LogP contribution in [0.15, 0.2) is 168 Å². The van der Waals surface area contributed by atoms with Gasteiger partial charge in [-0.25, -0.2) is 26.4 Å². The van der Waals surface area contributed by atoms with Gasteiger partial charge in [0.15, 0.2) is 19.7 Å². The number of anilines is 2. The largest absolute Gasteiger partial charge is 0.459 e. The molecule has 0 fully saturated rings. The zero-order valence-corrected chi connectivity index (χ0v) is 47.2. The maximum absolute atomic E-state index is 12.7. The van der Waals surface area contributed by atoms with Crippen LogP contribution in [-0.2, 0) is 63.1 Å². The Labute approximate surface area is 454 Å². The molecule has 0 radical (unpaired) electrons. The number of aryl methyl sites for hydroxylation is 2. The van der Waals surface area contributed by atoms with Gasteiger partial charge in [-0.05, 0) is 138 Å². The van der Waals surface area contributed by atoms with Gasteiger partial charge >= 0.3 is 18.0 Å². The Bertz CT molecular complexity index is 2870. The average molecular weight is 1170 g/mol. The van der Waals surface area contributed by atoms with E-state index in [1.807, 2.05) is 118 Å². The molecule has 2 atom stereocenters. The molecule has 394 valence electrons. The minimum atomic E-state index is -3.49. The van der Waals surface area contributed by atoms with Crippen molar-refractivity contribution < 1.29 is 42.1 Å². The summed E-state index contributed by atoms with van der Waals surface area (Å²) in [6.07, 6.45) is 0.786. The lowest BCUT2D eigenvalue weighted by Gasteiger charge is -2.24. The first-order valence-corrected chi connectivity index (χ1v) is 27.8. The van der Waals surface area contributed by atoms with Crippen LogP contribution in [-0.4, -0.2) is 63.0 Å². The smallest absolute Gasteiger partial charge is 0.329 e. The van der Waals surface area contributed by atoms with Gasteiger partial charge in [-0.2, -0.15) is 0 Å². The van der Waals surface area contributed by atoms with Crippen molar-refractivity contribution in [3.8, 4) is 0 Å². The number of benzene rings is 6. The lowest BCUT2D eigenvalue weighted by atomic mass is 10.1. The van der Waals surface area contributed by atoms with Crippen molar-refractivity contribution in [2.45, 2.75) is 113 Å². The lowest BCUT2D eigenvalue weighted by Crippen LogP contribution is -2.47. The number of nitrogens with one attached hydrogen (secondary N) is 2. The number of hydrogen-bond donors (Lipinski definition) is 4. The Morgan fingerprint density at radius 2 is 0.945 bits per heavy atom. The predicted octanol–water partition coefficient (Wildman–Crippen LogP) is 11.0. The Morgan fingerprint density at radius 3 is 1.34 bits per heavy atom. The second-order valence-electron chi connectivity index (χ2n) is 18.8. The van der Waals surface area contributed by atoms with Crippen LogP contribution in [0, 0.1) is 13.8 Å². The summed E-state index contributed by atoms with van der Waals surface area (Å²) in [6, 6.07) is 44.0. The van der Waals surface area contributed by atoms with E-state index in [-0.39, 0.29) is 41.2 Å². The van der Waals surface area contributed by atoms with Crippen LogP contribution in [0.2, 0.25) is 0 Å². The summed E-state index contributed by atoms with van der Waals surface area (Å²) in [7, 11) is -6.77. The van der Waals surface area contributed by atoms with E-state index in [1.54, 1.807) is 118 Å². The minimum Gasteiger partial charge on any atom is -0.459 e. The van der Waals surface area contributed by atoms with Crippen molar-refractivity contribution in [1.82, 2.24) is 5.32 Å². The van der Waals surface area contributed by atoms with Crippen LogP contribution < -0.4 is 22.1 Å². The molecule has 0 bridgehead atoms. The maximum Gasteiger partial charge on any atom is 0.329 e. The Morgan fingerprint density at radius 1 is 0.575 bits per heavy atom. The molecule has 17 heteroatoms. The SMILES string of the molecule is CC(C)(C)OC(=O)[C@H](N)Cc1ccccc1.Cc1ccc(S(=O)(=O)Cc2ccc(N)cc2)cc1.Cc1ccc(S(=O)(=O)Cc2ccc(NC(=O)N[C@H](Cc3ccccc3)C(=O)OC(C)(C)C)cc2)cc1.Cl.[2H]CI. The van der Waals surface area contributed by atoms with Gasteiger partial charge in [-0.3, -0.25) is 4.79 Å². The van der Waals surface area contributed by atoms with E-state index < -0.39 is 55.0 Å². The van der Waals surface area contributed by atoms with Gasteiger partial charge in [0.2, 0.25) is 0 Å². The van der Waals surface area contributed by atoms with Crippen molar-refractivity contribution in [2.24, 2.45) is 5.73 Å². The van der Waals surface area contributed by atoms with E-state index in [9.17, 15) is 31.2 Å². The van der Waals surface area contributed by atoms with Gasteiger partial charge in [0.1, 0.15) is 23.3 Å². The van der Waals surface area contributed by atoms with Crippen LogP contribution in [0.1, 0.15) is 76.3 Å². The fraction of sp³-hybridized carbons (Fsp3) is 0.304. The highest BCUT2D eigenvalue weighted by Crippen LogP contribution is 2.21. The molecule has 0 aliphatic carbocycles. The molecule has 13 nitrogen and oxygen atoms in total. The van der Waals surface area contributed by atoms with E-state index in [0.29, 0.717) is 33.2 Å². The summed E-state index contributed by atoms with van der Waals surface area (Å²) in [4.78, 5) is 38.1. The maximum atomic E-state index is 12.7. The summed E-state index contributed by atoms with van der Waals surface area (Å²) >= 11 is 1.96. The van der Waals surface area contributed by atoms with E-state index in [4.69, 9.17) is 22.3 Å². The van der Waals surface area contributed by atoms with Gasteiger partial charge in [-0.15, -0.1) is 12.4 Å². The van der Waals surface area contributed by atoms with Crippen molar-refractivity contribution in [3.63, 3.8) is 0 Å². The number of ether oxygens (including phenoxy) is 2. The van der Waals surface area contributed by atoms with Gasteiger partial charge in [-0.1, -0.05) is 143 Å². The van der Waals surface area contributed by atoms with Gasteiger partial charge in [0.05, 0.1) is 21.3 Å².